The molecule has 1 aliphatic heterocycles. The molecule has 2 aliphatic rings. The van der Waals surface area contributed by atoms with Crippen molar-refractivity contribution in [2.24, 2.45) is 5.92 Å². The van der Waals surface area contributed by atoms with Crippen molar-refractivity contribution in [2.45, 2.75) is 83.0 Å². The molecule has 1 aliphatic carbocycles. The van der Waals surface area contributed by atoms with Gasteiger partial charge in [-0.1, -0.05) is 50.1 Å². The van der Waals surface area contributed by atoms with Gasteiger partial charge >= 0.3 is 0 Å². The van der Waals surface area contributed by atoms with E-state index in [0.717, 1.165) is 30.6 Å². The van der Waals surface area contributed by atoms with E-state index in [1.165, 1.54) is 24.8 Å². The fourth-order valence-corrected chi connectivity index (χ4v) is 5.53. The first-order valence-corrected chi connectivity index (χ1v) is 11.7. The van der Waals surface area contributed by atoms with Crippen molar-refractivity contribution in [2.75, 3.05) is 0 Å². The third-order valence-corrected chi connectivity index (χ3v) is 7.10. The molecule has 2 aromatic carbocycles. The van der Waals surface area contributed by atoms with E-state index in [1.807, 2.05) is 30.3 Å². The van der Waals surface area contributed by atoms with Crippen molar-refractivity contribution in [3.63, 3.8) is 0 Å². The maximum Gasteiger partial charge on any atom is 0.251 e. The number of fused-ring (bicyclic) bond motifs is 3. The van der Waals surface area contributed by atoms with Crippen molar-refractivity contribution >= 4 is 5.91 Å². The van der Waals surface area contributed by atoms with Gasteiger partial charge in [0.05, 0.1) is 0 Å². The number of benzene rings is 2. The zero-order chi connectivity index (χ0) is 22.1. The molecule has 2 aromatic rings. The molecule has 1 amide bonds. The normalized spacial score (nSPS) is 26.3. The van der Waals surface area contributed by atoms with Crippen LogP contribution in [0.2, 0.25) is 0 Å². The summed E-state index contributed by atoms with van der Waals surface area (Å²) >= 11 is 0. The Bertz CT molecular complexity index is 923. The number of rotatable bonds is 6. The van der Waals surface area contributed by atoms with E-state index in [2.05, 4.69) is 44.3 Å². The zero-order valence-electron chi connectivity index (χ0n) is 19.0. The number of aryl methyl sites for hydroxylation is 1. The van der Waals surface area contributed by atoms with E-state index in [-0.39, 0.29) is 17.9 Å². The van der Waals surface area contributed by atoms with Crippen LogP contribution in [0.4, 0.5) is 0 Å². The minimum Gasteiger partial charge on any atom is -0.487 e. The summed E-state index contributed by atoms with van der Waals surface area (Å²) in [4.78, 5) is 12.7. The summed E-state index contributed by atoms with van der Waals surface area (Å²) in [5, 5.41) is 15.2. The van der Waals surface area contributed by atoms with E-state index in [9.17, 15) is 9.90 Å². The Morgan fingerprint density at radius 3 is 2.65 bits per heavy atom. The van der Waals surface area contributed by atoms with Gasteiger partial charge in [0, 0.05) is 29.5 Å². The third-order valence-electron chi connectivity index (χ3n) is 7.10. The molecule has 31 heavy (non-hydrogen) atoms. The molecule has 3 unspecified atom stereocenters. The van der Waals surface area contributed by atoms with Gasteiger partial charge in [0.2, 0.25) is 0 Å². The molecule has 4 nitrogen and oxygen atoms in total. The summed E-state index contributed by atoms with van der Waals surface area (Å²) < 4.78 is 6.44. The molecule has 1 fully saturated rings. The summed E-state index contributed by atoms with van der Waals surface area (Å²) in [7, 11) is 0. The van der Waals surface area contributed by atoms with Crippen LogP contribution in [0.1, 0.15) is 80.8 Å². The molecule has 0 saturated heterocycles. The van der Waals surface area contributed by atoms with Crippen LogP contribution < -0.4 is 10.1 Å². The number of hydrogen-bond acceptors (Lipinski definition) is 3. The quantitative estimate of drug-likeness (QED) is 0.616. The molecule has 0 radical (unpaired) electrons. The lowest BCUT2D eigenvalue weighted by molar-refractivity contribution is -0.151. The van der Waals surface area contributed by atoms with Crippen LogP contribution in [0.25, 0.3) is 0 Å². The molecule has 3 atom stereocenters. The first-order chi connectivity index (χ1) is 14.8. The average Bonchev–Trinajstić information content (AvgIpc) is 2.73. The summed E-state index contributed by atoms with van der Waals surface area (Å²) in [6.07, 6.45) is 6.76. The zero-order valence-corrected chi connectivity index (χ0v) is 19.0. The van der Waals surface area contributed by atoms with Crippen LogP contribution >= 0.6 is 0 Å². The van der Waals surface area contributed by atoms with Crippen molar-refractivity contribution in [1.29, 1.82) is 0 Å². The second-order valence-corrected chi connectivity index (χ2v) is 9.79. The fraction of sp³-hybridized carbons (Fsp3) is 0.519. The van der Waals surface area contributed by atoms with Gasteiger partial charge in [-0.25, -0.2) is 0 Å². The maximum absolute atomic E-state index is 12.7. The van der Waals surface area contributed by atoms with E-state index >= 15 is 0 Å². The van der Waals surface area contributed by atoms with Crippen LogP contribution in [-0.2, 0) is 12.0 Å². The second-order valence-electron chi connectivity index (χ2n) is 9.79. The Hall–Kier alpha value is -2.33. The van der Waals surface area contributed by atoms with Crippen molar-refractivity contribution in [3.05, 3.63) is 65.2 Å². The summed E-state index contributed by atoms with van der Waals surface area (Å²) in [5.74, 6) is 0.710. The number of carbonyl (C=O) groups excluding carboxylic acids is 1. The highest BCUT2D eigenvalue weighted by atomic mass is 16.5. The van der Waals surface area contributed by atoms with Gasteiger partial charge in [-0.2, -0.15) is 0 Å². The van der Waals surface area contributed by atoms with Gasteiger partial charge in [0.15, 0.2) is 0 Å². The summed E-state index contributed by atoms with van der Waals surface area (Å²) in [6, 6.07) is 15.5. The molecular formula is C27H35NO3. The molecule has 166 valence electrons. The van der Waals surface area contributed by atoms with Crippen LogP contribution in [0, 0.1) is 5.92 Å². The van der Waals surface area contributed by atoms with Gasteiger partial charge in [0.1, 0.15) is 17.0 Å². The highest BCUT2D eigenvalue weighted by Gasteiger charge is 2.55. The Kier molecular flexibility index (Phi) is 6.11. The number of ether oxygens (including phenoxy) is 1. The summed E-state index contributed by atoms with van der Waals surface area (Å²) in [6.45, 7) is 6.38. The van der Waals surface area contributed by atoms with Crippen LogP contribution in [0.15, 0.2) is 48.5 Å². The van der Waals surface area contributed by atoms with E-state index < -0.39 is 11.2 Å². The largest absolute Gasteiger partial charge is 0.487 e. The number of hydrogen-bond donors (Lipinski definition) is 2. The predicted molar refractivity (Wildman–Crippen MR) is 123 cm³/mol. The third kappa shape index (κ3) is 4.36. The number of unbranched alkanes of at least 4 members (excludes halogenated alkanes) is 2. The van der Waals surface area contributed by atoms with Gasteiger partial charge in [-0.05, 0) is 63.3 Å². The Labute approximate surface area is 186 Å². The lowest BCUT2D eigenvalue weighted by Gasteiger charge is -2.54. The number of aliphatic hydroxyl groups is 1. The Morgan fingerprint density at radius 2 is 1.90 bits per heavy atom. The van der Waals surface area contributed by atoms with Crippen LogP contribution in [0.5, 0.6) is 5.75 Å². The Morgan fingerprint density at radius 1 is 1.13 bits per heavy atom. The minimum atomic E-state index is -1.01. The molecular weight excluding hydrogens is 386 g/mol. The topological polar surface area (TPSA) is 58.6 Å². The van der Waals surface area contributed by atoms with Crippen LogP contribution in [0.3, 0.4) is 0 Å². The highest BCUT2D eigenvalue weighted by Crippen LogP contribution is 2.54. The van der Waals surface area contributed by atoms with Crippen molar-refractivity contribution < 1.29 is 14.6 Å². The van der Waals surface area contributed by atoms with Gasteiger partial charge in [-0.3, -0.25) is 4.79 Å². The lowest BCUT2D eigenvalue weighted by atomic mass is 9.62. The van der Waals surface area contributed by atoms with Gasteiger partial charge in [0.25, 0.3) is 5.91 Å². The molecule has 1 heterocycles. The standard InChI is InChI=1S/C27H35NO3/c1-4-5-7-10-19-13-15-22-23(17-19)31-26(2,3)24-16-14-21(18-27(22,24)30)28-25(29)20-11-8-6-9-12-20/h6,8-9,11-13,15,17,21,24,30H,4-5,7,10,14,16,18H2,1-3H3,(H,28,29). The first-order valence-electron chi connectivity index (χ1n) is 11.7. The maximum atomic E-state index is 12.7. The molecule has 4 heteroatoms. The minimum absolute atomic E-state index is 0.0108. The van der Waals surface area contributed by atoms with Crippen molar-refractivity contribution in [1.82, 2.24) is 5.32 Å². The van der Waals surface area contributed by atoms with Gasteiger partial charge in [-0.15, -0.1) is 0 Å². The monoisotopic (exact) mass is 421 g/mol. The Balaban J connectivity index is 1.57. The first kappa shape index (κ1) is 21.9. The van der Waals surface area contributed by atoms with Crippen molar-refractivity contribution in [3.8, 4) is 5.75 Å². The van der Waals surface area contributed by atoms with Crippen LogP contribution in [-0.4, -0.2) is 22.7 Å². The molecule has 0 spiro atoms. The average molecular weight is 422 g/mol. The smallest absolute Gasteiger partial charge is 0.251 e. The number of carbonyl (C=O) groups is 1. The molecule has 0 aromatic heterocycles. The van der Waals surface area contributed by atoms with E-state index in [4.69, 9.17) is 4.74 Å². The number of nitrogens with one attached hydrogen (secondary N) is 1. The molecule has 0 bridgehead atoms. The summed E-state index contributed by atoms with van der Waals surface area (Å²) in [5.41, 5.74) is 1.31. The molecule has 4 rings (SSSR count). The molecule has 1 saturated carbocycles. The van der Waals surface area contributed by atoms with E-state index in [1.54, 1.807) is 0 Å². The number of amides is 1. The predicted octanol–water partition coefficient (Wildman–Crippen LogP) is 5.38. The molecule has 2 N–H and O–H groups in total. The fourth-order valence-electron chi connectivity index (χ4n) is 5.53. The van der Waals surface area contributed by atoms with Gasteiger partial charge < -0.3 is 15.2 Å². The van der Waals surface area contributed by atoms with E-state index in [0.29, 0.717) is 12.0 Å². The highest BCUT2D eigenvalue weighted by molar-refractivity contribution is 5.94. The lowest BCUT2D eigenvalue weighted by Crippen LogP contribution is -2.59. The SMILES string of the molecule is CCCCCc1ccc2c(c1)OC(C)(C)C1CCC(NC(=O)c3ccccc3)CC21O. The second kappa shape index (κ2) is 8.66.